The highest BCUT2D eigenvalue weighted by molar-refractivity contribution is 5.29. The summed E-state index contributed by atoms with van der Waals surface area (Å²) < 4.78 is 0. The molecular weight excluding hydrogens is 180 g/mol. The lowest BCUT2D eigenvalue weighted by Crippen LogP contribution is -2.26. The molecule has 0 heteroatoms. The largest absolute Gasteiger partial charge is 0.0856 e. The van der Waals surface area contributed by atoms with E-state index in [1.807, 2.05) is 0 Å². The van der Waals surface area contributed by atoms with Crippen LogP contribution in [0.1, 0.15) is 46.5 Å². The molecule has 0 N–H and O–H groups in total. The van der Waals surface area contributed by atoms with E-state index in [2.05, 4.69) is 33.8 Å². The van der Waals surface area contributed by atoms with Crippen LogP contribution in [-0.4, -0.2) is 0 Å². The molecule has 83 valence electrons. The molecule has 0 heterocycles. The molecule has 0 spiro atoms. The summed E-state index contributed by atoms with van der Waals surface area (Å²) in [6.07, 6.45) is 8.06. The van der Waals surface area contributed by atoms with E-state index in [1.165, 1.54) is 18.4 Å². The van der Waals surface area contributed by atoms with E-state index in [-0.39, 0.29) is 0 Å². The highest BCUT2D eigenvalue weighted by Crippen LogP contribution is 2.86. The van der Waals surface area contributed by atoms with Crippen molar-refractivity contribution in [3.8, 4) is 0 Å². The summed E-state index contributed by atoms with van der Waals surface area (Å²) in [6.45, 7) is 11.2. The Morgan fingerprint density at radius 2 is 1.93 bits per heavy atom. The highest BCUT2D eigenvalue weighted by Gasteiger charge is 2.80. The monoisotopic (exact) mass is 203 g/mol. The highest BCUT2D eigenvalue weighted by atomic mass is 14.8. The maximum Gasteiger partial charge on any atom is -0.0207 e. The average Bonchev–Trinajstić information content (AvgIpc) is 2.53. The van der Waals surface area contributed by atoms with Crippen molar-refractivity contribution in [1.82, 2.24) is 0 Å². The summed E-state index contributed by atoms with van der Waals surface area (Å²) >= 11 is 0. The first-order valence-corrected chi connectivity index (χ1v) is 6.49. The summed E-state index contributed by atoms with van der Waals surface area (Å²) in [5.41, 5.74) is 2.64. The number of rotatable bonds is 3. The van der Waals surface area contributed by atoms with Crippen LogP contribution in [-0.2, 0) is 0 Å². The van der Waals surface area contributed by atoms with Crippen molar-refractivity contribution >= 4 is 0 Å². The molecule has 0 aromatic rings. The van der Waals surface area contributed by atoms with E-state index < -0.39 is 0 Å². The van der Waals surface area contributed by atoms with Crippen molar-refractivity contribution in [3.05, 3.63) is 18.6 Å². The van der Waals surface area contributed by atoms with Crippen LogP contribution in [0.25, 0.3) is 0 Å². The van der Waals surface area contributed by atoms with E-state index in [0.29, 0.717) is 5.41 Å². The first-order chi connectivity index (χ1) is 7.00. The van der Waals surface area contributed by atoms with Crippen molar-refractivity contribution in [2.75, 3.05) is 0 Å². The second kappa shape index (κ2) is 2.70. The lowest BCUT2D eigenvalue weighted by atomic mass is 9.71. The van der Waals surface area contributed by atoms with E-state index >= 15 is 0 Å². The minimum absolute atomic E-state index is 0.661. The third kappa shape index (κ3) is 0.990. The second-order valence-electron chi connectivity index (χ2n) is 6.67. The van der Waals surface area contributed by atoms with Crippen LogP contribution in [0, 0.1) is 35.5 Å². The van der Waals surface area contributed by atoms with Gasteiger partial charge in [-0.15, -0.1) is 0 Å². The zero-order chi connectivity index (χ0) is 10.8. The van der Waals surface area contributed by atoms with Crippen molar-refractivity contribution in [1.29, 1.82) is 0 Å². The van der Waals surface area contributed by atoms with Crippen LogP contribution < -0.4 is 0 Å². The molecule has 0 aliphatic heterocycles. The molecule has 4 bridgehead atoms. The smallest absolute Gasteiger partial charge is 0.0207 e. The molecule has 0 nitrogen and oxygen atoms in total. The Morgan fingerprint density at radius 3 is 2.33 bits per heavy atom. The van der Waals surface area contributed by atoms with Gasteiger partial charge in [0.05, 0.1) is 0 Å². The lowest BCUT2D eigenvalue weighted by molar-refractivity contribution is 0.155. The molecule has 3 atom stereocenters. The third-order valence-electron chi connectivity index (χ3n) is 6.28. The number of allylic oxidation sites excluding steroid dienone is 2. The normalized spacial score (nSPS) is 56.3. The summed E-state index contributed by atoms with van der Waals surface area (Å²) in [5.74, 6) is 3.27. The predicted molar refractivity (Wildman–Crippen MR) is 64.3 cm³/mol. The van der Waals surface area contributed by atoms with Crippen molar-refractivity contribution in [2.24, 2.45) is 28.6 Å². The summed E-state index contributed by atoms with van der Waals surface area (Å²) in [5, 5.41) is 0. The summed E-state index contributed by atoms with van der Waals surface area (Å²) in [4.78, 5) is 0. The van der Waals surface area contributed by atoms with Crippen molar-refractivity contribution in [3.63, 3.8) is 0 Å². The van der Waals surface area contributed by atoms with Gasteiger partial charge < -0.3 is 0 Å². The maximum absolute atomic E-state index is 3.96. The van der Waals surface area contributed by atoms with Gasteiger partial charge in [0.15, 0.2) is 0 Å². The second-order valence-corrected chi connectivity index (χ2v) is 6.67. The molecule has 0 aromatic carbocycles. The maximum atomic E-state index is 3.96. The van der Waals surface area contributed by atoms with Crippen LogP contribution in [0.3, 0.4) is 0 Å². The van der Waals surface area contributed by atoms with E-state index in [4.69, 9.17) is 0 Å². The van der Waals surface area contributed by atoms with E-state index in [9.17, 15) is 0 Å². The molecule has 4 aliphatic carbocycles. The predicted octanol–water partition coefficient (Wildman–Crippen LogP) is 4.23. The van der Waals surface area contributed by atoms with Gasteiger partial charge in [-0.05, 0) is 68.1 Å². The first-order valence-electron chi connectivity index (χ1n) is 6.49. The molecule has 4 saturated carbocycles. The third-order valence-corrected chi connectivity index (χ3v) is 6.28. The zero-order valence-electron chi connectivity index (χ0n) is 10.3. The van der Waals surface area contributed by atoms with Crippen LogP contribution in [0.5, 0.6) is 0 Å². The van der Waals surface area contributed by atoms with Crippen LogP contribution in [0.2, 0.25) is 0 Å². The molecular formula is C15H23. The van der Waals surface area contributed by atoms with Crippen LogP contribution >= 0.6 is 0 Å². The Bertz CT molecular complexity index is 309. The van der Waals surface area contributed by atoms with Gasteiger partial charge in [-0.2, -0.15) is 0 Å². The molecule has 15 heavy (non-hydrogen) atoms. The molecule has 3 unspecified atom stereocenters. The Hall–Kier alpha value is -0.260. The van der Waals surface area contributed by atoms with E-state index in [1.54, 1.807) is 12.8 Å². The van der Waals surface area contributed by atoms with Crippen molar-refractivity contribution in [2.45, 2.75) is 46.5 Å². The molecule has 4 rings (SSSR count). The van der Waals surface area contributed by atoms with Gasteiger partial charge in [-0.3, -0.25) is 0 Å². The molecule has 4 aliphatic rings. The Labute approximate surface area is 94.1 Å². The molecule has 0 saturated heterocycles. The fourth-order valence-electron chi connectivity index (χ4n) is 5.12. The Morgan fingerprint density at radius 1 is 1.33 bits per heavy atom. The zero-order valence-corrected chi connectivity index (χ0v) is 10.3. The van der Waals surface area contributed by atoms with Gasteiger partial charge in [-0.1, -0.05) is 25.5 Å². The topological polar surface area (TPSA) is 0 Å². The fourth-order valence-corrected chi connectivity index (χ4v) is 5.12. The van der Waals surface area contributed by atoms with Crippen LogP contribution in [0.4, 0.5) is 0 Å². The molecule has 4 fully saturated rings. The average molecular weight is 203 g/mol. The van der Waals surface area contributed by atoms with Gasteiger partial charge in [0.2, 0.25) is 0 Å². The molecule has 1 radical (unpaired) electrons. The van der Waals surface area contributed by atoms with Gasteiger partial charge in [-0.25, -0.2) is 0 Å². The Kier molecular flexibility index (Phi) is 1.79. The van der Waals surface area contributed by atoms with Crippen molar-refractivity contribution < 1.29 is 0 Å². The molecule has 0 aromatic heterocycles. The van der Waals surface area contributed by atoms with Gasteiger partial charge in [0, 0.05) is 0 Å². The van der Waals surface area contributed by atoms with Crippen LogP contribution in [0.15, 0.2) is 11.6 Å². The van der Waals surface area contributed by atoms with Gasteiger partial charge in [0.25, 0.3) is 0 Å². The first kappa shape index (κ1) is 9.93. The van der Waals surface area contributed by atoms with Gasteiger partial charge in [0.1, 0.15) is 0 Å². The fraction of sp³-hybridized carbons (Fsp3) is 0.800. The standard InChI is InChI=1S/C15H23/c1-10(2)6-5-7-14(3)11-8-12-13(9-11)15(12,14)4/h6,11-13H,1,5,7-9H2,2-4H3/b10-6-. The van der Waals surface area contributed by atoms with E-state index in [0.717, 1.165) is 23.2 Å². The number of hydrogen-bond acceptors (Lipinski definition) is 0. The molecule has 0 amide bonds. The quantitative estimate of drug-likeness (QED) is 0.644. The lowest BCUT2D eigenvalue weighted by Gasteiger charge is -2.34. The summed E-state index contributed by atoms with van der Waals surface area (Å²) in [6, 6.07) is 0. The minimum atomic E-state index is 0.661. The summed E-state index contributed by atoms with van der Waals surface area (Å²) in [7, 11) is 0. The SMILES string of the molecule is [CH2]/C(C)=C/CCC1(C)C2CC3C(C2)C31C. The van der Waals surface area contributed by atoms with Gasteiger partial charge >= 0.3 is 0 Å². The Balaban J connectivity index is 1.73. The minimum Gasteiger partial charge on any atom is -0.0856 e. The number of hydrogen-bond donors (Lipinski definition) is 0.